The summed E-state index contributed by atoms with van der Waals surface area (Å²) < 4.78 is 14.3. The van der Waals surface area contributed by atoms with E-state index in [9.17, 15) is 9.18 Å². The lowest BCUT2D eigenvalue weighted by atomic mass is 10.2. The first-order valence-electron chi connectivity index (χ1n) is 3.84. The summed E-state index contributed by atoms with van der Waals surface area (Å²) in [6, 6.07) is 0. The van der Waals surface area contributed by atoms with Crippen LogP contribution in [0.2, 0.25) is 0 Å². The molecule has 0 saturated carbocycles. The predicted molar refractivity (Wildman–Crippen MR) is 45.6 cm³/mol. The molecule has 1 N–H and O–H groups in total. The topological polar surface area (TPSA) is 46.9 Å². The average molecular weight is 184 g/mol. The van der Waals surface area contributed by atoms with E-state index < -0.39 is 11.9 Å². The molecule has 1 rings (SSSR count). The van der Waals surface area contributed by atoms with Crippen molar-refractivity contribution in [1.82, 2.24) is 15.1 Å². The Labute approximate surface area is 75.7 Å². The Balaban J connectivity index is 3.06. The molecule has 0 aliphatic carbocycles. The molecule has 1 heterocycles. The van der Waals surface area contributed by atoms with Gasteiger partial charge in [0, 0.05) is 13.6 Å². The molecule has 0 atom stereocenters. The number of rotatable bonds is 2. The second-order valence-corrected chi connectivity index (χ2v) is 2.63. The second-order valence-electron chi connectivity index (χ2n) is 2.63. The van der Waals surface area contributed by atoms with Crippen LogP contribution >= 0.6 is 0 Å². The number of carbonyl (C=O) groups is 1. The Morgan fingerprint density at radius 1 is 1.77 bits per heavy atom. The minimum atomic E-state index is -0.622. The van der Waals surface area contributed by atoms with Crippen molar-refractivity contribution in [3.63, 3.8) is 0 Å². The lowest BCUT2D eigenvalue weighted by molar-refractivity contribution is 0.0952. The van der Waals surface area contributed by atoms with Crippen LogP contribution in [0.25, 0.3) is 0 Å². The highest BCUT2D eigenvalue weighted by Crippen LogP contribution is 2.10. The predicted octanol–water partition coefficient (Wildman–Crippen LogP) is 0.432. The maximum Gasteiger partial charge on any atom is 0.257 e. The molecular weight excluding hydrogens is 173 g/mol. The minimum Gasteiger partial charge on any atom is -0.352 e. The molecule has 0 unspecified atom stereocenters. The van der Waals surface area contributed by atoms with Crippen LogP contribution in [-0.4, -0.2) is 22.2 Å². The van der Waals surface area contributed by atoms with Crippen molar-refractivity contribution in [2.45, 2.75) is 6.92 Å². The van der Waals surface area contributed by atoms with Gasteiger partial charge < -0.3 is 5.32 Å². The molecule has 0 aliphatic heterocycles. The molecule has 5 heteroatoms. The van der Waals surface area contributed by atoms with Crippen LogP contribution in [0.1, 0.15) is 16.1 Å². The van der Waals surface area contributed by atoms with Gasteiger partial charge in [0.2, 0.25) is 5.95 Å². The fourth-order valence-electron chi connectivity index (χ4n) is 1.09. The standard InChI is InChI=1S/C8H11FN3O/c1-4-10-8(13)6-5(2)11-12(3)7(6)9/h1,4H2,2-3H3,(H,10,13). The van der Waals surface area contributed by atoms with E-state index >= 15 is 0 Å². The number of aromatic nitrogens is 2. The highest BCUT2D eigenvalue weighted by molar-refractivity contribution is 5.95. The van der Waals surface area contributed by atoms with Crippen molar-refractivity contribution in [2.24, 2.45) is 7.05 Å². The van der Waals surface area contributed by atoms with Gasteiger partial charge in [-0.2, -0.15) is 9.49 Å². The zero-order valence-corrected chi connectivity index (χ0v) is 7.59. The van der Waals surface area contributed by atoms with Gasteiger partial charge in [-0.05, 0) is 13.8 Å². The number of nitrogens with zero attached hydrogens (tertiary/aromatic N) is 2. The van der Waals surface area contributed by atoms with Crippen LogP contribution in [0, 0.1) is 19.8 Å². The first kappa shape index (κ1) is 9.70. The van der Waals surface area contributed by atoms with Crippen LogP contribution in [0.5, 0.6) is 0 Å². The largest absolute Gasteiger partial charge is 0.352 e. The Morgan fingerprint density at radius 2 is 2.38 bits per heavy atom. The quantitative estimate of drug-likeness (QED) is 0.724. The SMILES string of the molecule is [CH2]CNC(=O)c1c(C)nn(C)c1F. The number of hydrogen-bond donors (Lipinski definition) is 1. The number of aryl methyl sites for hydroxylation is 2. The number of carbonyl (C=O) groups excluding carboxylic acids is 1. The van der Waals surface area contributed by atoms with Gasteiger partial charge >= 0.3 is 0 Å². The highest BCUT2D eigenvalue weighted by atomic mass is 19.1. The van der Waals surface area contributed by atoms with Gasteiger partial charge in [0.25, 0.3) is 5.91 Å². The Bertz CT molecular complexity index is 332. The maximum absolute atomic E-state index is 13.2. The van der Waals surface area contributed by atoms with Gasteiger partial charge in [-0.3, -0.25) is 4.79 Å². The smallest absolute Gasteiger partial charge is 0.257 e. The minimum absolute atomic E-state index is 0.00819. The van der Waals surface area contributed by atoms with E-state index in [0.29, 0.717) is 5.69 Å². The van der Waals surface area contributed by atoms with Gasteiger partial charge in [0.15, 0.2) is 0 Å². The van der Waals surface area contributed by atoms with Gasteiger partial charge in [0.1, 0.15) is 5.56 Å². The fourth-order valence-corrected chi connectivity index (χ4v) is 1.09. The van der Waals surface area contributed by atoms with E-state index in [1.54, 1.807) is 6.92 Å². The Hall–Kier alpha value is -1.39. The first-order valence-corrected chi connectivity index (χ1v) is 3.84. The normalized spacial score (nSPS) is 10.2. The highest BCUT2D eigenvalue weighted by Gasteiger charge is 2.19. The molecule has 0 aromatic carbocycles. The van der Waals surface area contributed by atoms with Crippen molar-refractivity contribution in [2.75, 3.05) is 6.54 Å². The van der Waals surface area contributed by atoms with Gasteiger partial charge in [-0.1, -0.05) is 0 Å². The molecule has 0 saturated heterocycles. The third kappa shape index (κ3) is 1.68. The van der Waals surface area contributed by atoms with Crippen LogP contribution in [0.15, 0.2) is 0 Å². The van der Waals surface area contributed by atoms with Gasteiger partial charge in [-0.25, -0.2) is 4.68 Å². The average Bonchev–Trinajstić information content (AvgIpc) is 2.27. The Kier molecular flexibility index (Phi) is 2.65. The first-order chi connectivity index (χ1) is 6.07. The summed E-state index contributed by atoms with van der Waals surface area (Å²) in [4.78, 5) is 11.3. The third-order valence-corrected chi connectivity index (χ3v) is 1.66. The van der Waals surface area contributed by atoms with E-state index in [2.05, 4.69) is 17.3 Å². The van der Waals surface area contributed by atoms with E-state index in [1.807, 2.05) is 0 Å². The van der Waals surface area contributed by atoms with Crippen LogP contribution in [0.4, 0.5) is 4.39 Å². The van der Waals surface area contributed by atoms with E-state index in [0.717, 1.165) is 4.68 Å². The molecule has 0 aliphatic rings. The molecule has 0 bridgehead atoms. The molecular formula is C8H11FN3O. The molecule has 1 aromatic rings. The van der Waals surface area contributed by atoms with Gasteiger partial charge in [0.05, 0.1) is 5.69 Å². The summed E-state index contributed by atoms with van der Waals surface area (Å²) in [6.07, 6.45) is 0. The monoisotopic (exact) mass is 184 g/mol. The summed E-state index contributed by atoms with van der Waals surface area (Å²) in [5.74, 6) is -1.10. The number of hydrogen-bond acceptors (Lipinski definition) is 2. The molecule has 0 fully saturated rings. The summed E-state index contributed by atoms with van der Waals surface area (Å²) in [6.45, 7) is 5.25. The Morgan fingerprint density at radius 3 is 2.77 bits per heavy atom. The van der Waals surface area contributed by atoms with E-state index in [-0.39, 0.29) is 12.1 Å². The zero-order valence-electron chi connectivity index (χ0n) is 7.59. The van der Waals surface area contributed by atoms with Gasteiger partial charge in [-0.15, -0.1) is 0 Å². The van der Waals surface area contributed by atoms with Crippen LogP contribution in [0.3, 0.4) is 0 Å². The van der Waals surface area contributed by atoms with Crippen molar-refractivity contribution < 1.29 is 9.18 Å². The van der Waals surface area contributed by atoms with E-state index in [4.69, 9.17) is 0 Å². The summed E-state index contributed by atoms with van der Waals surface area (Å²) in [7, 11) is 1.45. The lowest BCUT2D eigenvalue weighted by Crippen LogP contribution is -2.24. The molecule has 1 amide bonds. The molecule has 0 spiro atoms. The summed E-state index contributed by atoms with van der Waals surface area (Å²) >= 11 is 0. The molecule has 1 radical (unpaired) electrons. The number of amides is 1. The van der Waals surface area contributed by atoms with Crippen molar-refractivity contribution in [3.8, 4) is 0 Å². The van der Waals surface area contributed by atoms with E-state index in [1.165, 1.54) is 7.05 Å². The maximum atomic E-state index is 13.2. The summed E-state index contributed by atoms with van der Waals surface area (Å²) in [5, 5.41) is 6.19. The lowest BCUT2D eigenvalue weighted by Gasteiger charge is -1.99. The zero-order chi connectivity index (χ0) is 10.0. The van der Waals surface area contributed by atoms with Crippen molar-refractivity contribution in [3.05, 3.63) is 24.1 Å². The van der Waals surface area contributed by atoms with Crippen LogP contribution in [-0.2, 0) is 7.05 Å². The number of halogens is 1. The third-order valence-electron chi connectivity index (χ3n) is 1.66. The molecule has 4 nitrogen and oxygen atoms in total. The van der Waals surface area contributed by atoms with Crippen molar-refractivity contribution in [1.29, 1.82) is 0 Å². The number of nitrogens with one attached hydrogen (secondary N) is 1. The van der Waals surface area contributed by atoms with Crippen molar-refractivity contribution >= 4 is 5.91 Å². The summed E-state index contributed by atoms with van der Waals surface area (Å²) in [5.41, 5.74) is 0.372. The molecule has 1 aromatic heterocycles. The fraction of sp³-hybridized carbons (Fsp3) is 0.375. The molecule has 13 heavy (non-hydrogen) atoms. The second kappa shape index (κ2) is 3.55. The molecule has 71 valence electrons. The van der Waals surface area contributed by atoms with Crippen LogP contribution < -0.4 is 5.32 Å².